The average Bonchev–Trinajstić information content (AvgIpc) is 2.25. The summed E-state index contributed by atoms with van der Waals surface area (Å²) in [6, 6.07) is 5.57. The molecule has 0 saturated heterocycles. The lowest BCUT2D eigenvalue weighted by molar-refractivity contribution is -0.400. The van der Waals surface area contributed by atoms with Crippen LogP contribution in [0, 0.1) is 12.8 Å². The summed E-state index contributed by atoms with van der Waals surface area (Å²) in [7, 11) is 0. The standard InChI is InChI=1S/C15H21NO4/c1-10-6-5-7-12(16-10)8-11(14(18)19)9-13(17)20-15(2,3)4/h5-7,11H,8-9H2,1-4H3,(H,18,19)/p+1/t11-/m1/s1. The molecule has 5 nitrogen and oxygen atoms in total. The highest BCUT2D eigenvalue weighted by Gasteiger charge is 2.27. The lowest BCUT2D eigenvalue weighted by Gasteiger charge is -2.20. The van der Waals surface area contributed by atoms with Gasteiger partial charge in [0.15, 0.2) is 11.4 Å². The smallest absolute Gasteiger partial charge is 0.307 e. The number of aromatic amines is 1. The summed E-state index contributed by atoms with van der Waals surface area (Å²) in [6.07, 6.45) is 0.143. The van der Waals surface area contributed by atoms with Gasteiger partial charge in [0.2, 0.25) is 0 Å². The normalized spacial score (nSPS) is 12.8. The number of hydrogen-bond donors (Lipinski definition) is 1. The number of carbonyl (C=O) groups excluding carboxylic acids is 1. The molecule has 0 aliphatic rings. The van der Waals surface area contributed by atoms with E-state index >= 15 is 0 Å². The number of carboxylic acids is 1. The molecule has 1 rings (SSSR count). The number of rotatable bonds is 5. The monoisotopic (exact) mass is 280 g/mol. The van der Waals surface area contributed by atoms with E-state index in [1.54, 1.807) is 20.8 Å². The van der Waals surface area contributed by atoms with Crippen LogP contribution in [-0.2, 0) is 20.7 Å². The van der Waals surface area contributed by atoms with Gasteiger partial charge in [0.1, 0.15) is 5.60 Å². The Morgan fingerprint density at radius 3 is 2.50 bits per heavy atom. The van der Waals surface area contributed by atoms with Gasteiger partial charge in [0.05, 0.1) is 12.3 Å². The van der Waals surface area contributed by atoms with Crippen LogP contribution in [-0.4, -0.2) is 22.6 Å². The molecule has 0 aliphatic carbocycles. The summed E-state index contributed by atoms with van der Waals surface area (Å²) in [4.78, 5) is 26.1. The summed E-state index contributed by atoms with van der Waals surface area (Å²) in [5.74, 6) is -2.27. The molecule has 5 heteroatoms. The van der Waals surface area contributed by atoms with Crippen molar-refractivity contribution in [1.82, 2.24) is 0 Å². The van der Waals surface area contributed by atoms with Gasteiger partial charge in [-0.3, -0.25) is 9.59 Å². The lowest BCUT2D eigenvalue weighted by atomic mass is 9.99. The maximum atomic E-state index is 11.7. The highest BCUT2D eigenvalue weighted by molar-refractivity contribution is 5.79. The van der Waals surface area contributed by atoms with Gasteiger partial charge < -0.3 is 9.84 Å². The Labute approximate surface area is 119 Å². The zero-order valence-corrected chi connectivity index (χ0v) is 12.4. The Balaban J connectivity index is 2.71. The van der Waals surface area contributed by atoms with Gasteiger partial charge in [0, 0.05) is 25.5 Å². The Kier molecular flexibility index (Phi) is 5.25. The van der Waals surface area contributed by atoms with Crippen LogP contribution in [0.2, 0.25) is 0 Å². The van der Waals surface area contributed by atoms with Gasteiger partial charge in [-0.05, 0) is 26.8 Å². The quantitative estimate of drug-likeness (QED) is 0.834. The third-order valence-corrected chi connectivity index (χ3v) is 2.65. The number of carbonyl (C=O) groups is 2. The molecular formula is C15H22NO4+. The molecule has 0 amide bonds. The molecule has 1 aromatic rings. The van der Waals surface area contributed by atoms with Crippen molar-refractivity contribution >= 4 is 11.9 Å². The number of aryl methyl sites for hydroxylation is 1. The fraction of sp³-hybridized carbons (Fsp3) is 0.533. The largest absolute Gasteiger partial charge is 0.481 e. The van der Waals surface area contributed by atoms with Gasteiger partial charge >= 0.3 is 11.9 Å². The van der Waals surface area contributed by atoms with Crippen LogP contribution in [0.4, 0.5) is 0 Å². The maximum Gasteiger partial charge on any atom is 0.307 e. The van der Waals surface area contributed by atoms with E-state index in [-0.39, 0.29) is 12.8 Å². The third-order valence-electron chi connectivity index (χ3n) is 2.65. The van der Waals surface area contributed by atoms with Crippen molar-refractivity contribution in [2.75, 3.05) is 0 Å². The number of hydrogen-bond acceptors (Lipinski definition) is 3. The third kappa shape index (κ3) is 5.82. The molecule has 0 bridgehead atoms. The first-order chi connectivity index (χ1) is 9.17. The average molecular weight is 280 g/mol. The van der Waals surface area contributed by atoms with Crippen LogP contribution in [0.3, 0.4) is 0 Å². The van der Waals surface area contributed by atoms with Gasteiger partial charge in [-0.2, -0.15) is 0 Å². The van der Waals surface area contributed by atoms with Gasteiger partial charge in [-0.25, -0.2) is 4.98 Å². The number of ether oxygens (including phenoxy) is 1. The van der Waals surface area contributed by atoms with Crippen molar-refractivity contribution in [3.8, 4) is 0 Å². The predicted octanol–water partition coefficient (Wildman–Crippen LogP) is 1.78. The summed E-state index contributed by atoms with van der Waals surface area (Å²) in [5.41, 5.74) is 1.14. The van der Waals surface area contributed by atoms with Crippen LogP contribution >= 0.6 is 0 Å². The number of nitrogens with one attached hydrogen (secondary N) is 1. The van der Waals surface area contributed by atoms with E-state index < -0.39 is 23.5 Å². The summed E-state index contributed by atoms with van der Waals surface area (Å²) < 4.78 is 5.17. The fourth-order valence-corrected chi connectivity index (χ4v) is 1.86. The molecule has 1 aromatic heterocycles. The van der Waals surface area contributed by atoms with E-state index in [4.69, 9.17) is 4.74 Å². The van der Waals surface area contributed by atoms with Crippen LogP contribution in [0.25, 0.3) is 0 Å². The minimum absolute atomic E-state index is 0.131. The molecule has 1 heterocycles. The van der Waals surface area contributed by atoms with Gasteiger partial charge in [0.25, 0.3) is 0 Å². The highest BCUT2D eigenvalue weighted by atomic mass is 16.6. The predicted molar refractivity (Wildman–Crippen MR) is 73.0 cm³/mol. The number of carboxylic acid groups (broad SMARTS) is 1. The molecular weight excluding hydrogens is 258 g/mol. The molecule has 0 aromatic carbocycles. The molecule has 0 fully saturated rings. The van der Waals surface area contributed by atoms with Crippen molar-refractivity contribution in [3.05, 3.63) is 29.6 Å². The number of aromatic nitrogens is 1. The van der Waals surface area contributed by atoms with Crippen molar-refractivity contribution in [1.29, 1.82) is 0 Å². The second kappa shape index (κ2) is 6.50. The second-order valence-corrected chi connectivity index (χ2v) is 5.89. The Bertz CT molecular complexity index is 491. The number of H-pyrrole nitrogens is 1. The molecule has 110 valence electrons. The Hall–Kier alpha value is -1.91. The molecule has 2 N–H and O–H groups in total. The van der Waals surface area contributed by atoms with Crippen molar-refractivity contribution in [2.24, 2.45) is 5.92 Å². The van der Waals surface area contributed by atoms with Crippen molar-refractivity contribution < 1.29 is 24.4 Å². The topological polar surface area (TPSA) is 77.7 Å². The first kappa shape index (κ1) is 16.1. The zero-order chi connectivity index (χ0) is 15.3. The van der Waals surface area contributed by atoms with E-state index in [9.17, 15) is 14.7 Å². The maximum absolute atomic E-state index is 11.7. The molecule has 0 aliphatic heterocycles. The lowest BCUT2D eigenvalue weighted by Crippen LogP contribution is -2.29. The van der Waals surface area contributed by atoms with E-state index in [0.717, 1.165) is 11.4 Å². The van der Waals surface area contributed by atoms with E-state index in [1.807, 2.05) is 25.1 Å². The number of aliphatic carboxylic acids is 1. The van der Waals surface area contributed by atoms with Crippen molar-refractivity contribution in [2.45, 2.75) is 46.1 Å². The summed E-state index contributed by atoms with van der Waals surface area (Å²) in [5, 5.41) is 9.23. The SMILES string of the molecule is Cc1cccc(C[C@H](CC(=O)OC(C)(C)C)C(=O)O)[nH+]1. The molecule has 20 heavy (non-hydrogen) atoms. The van der Waals surface area contributed by atoms with Gasteiger partial charge in [-0.15, -0.1) is 0 Å². The first-order valence-corrected chi connectivity index (χ1v) is 6.60. The highest BCUT2D eigenvalue weighted by Crippen LogP contribution is 2.15. The van der Waals surface area contributed by atoms with Gasteiger partial charge in [-0.1, -0.05) is 0 Å². The molecule has 1 atom stereocenters. The summed E-state index contributed by atoms with van der Waals surface area (Å²) in [6.45, 7) is 7.17. The molecule has 0 spiro atoms. The first-order valence-electron chi connectivity index (χ1n) is 6.60. The second-order valence-electron chi connectivity index (χ2n) is 5.89. The molecule has 0 saturated carbocycles. The van der Waals surface area contributed by atoms with Crippen LogP contribution < -0.4 is 4.98 Å². The van der Waals surface area contributed by atoms with Crippen LogP contribution in [0.1, 0.15) is 38.6 Å². The summed E-state index contributed by atoms with van der Waals surface area (Å²) >= 11 is 0. The van der Waals surface area contributed by atoms with E-state index in [0.29, 0.717) is 0 Å². The fourth-order valence-electron chi connectivity index (χ4n) is 1.86. The minimum Gasteiger partial charge on any atom is -0.481 e. The minimum atomic E-state index is -0.995. The van der Waals surface area contributed by atoms with Crippen molar-refractivity contribution in [3.63, 3.8) is 0 Å². The van der Waals surface area contributed by atoms with Crippen LogP contribution in [0.5, 0.6) is 0 Å². The van der Waals surface area contributed by atoms with E-state index in [1.165, 1.54) is 0 Å². The molecule has 0 unspecified atom stereocenters. The number of esters is 1. The Morgan fingerprint density at radius 1 is 1.35 bits per heavy atom. The Morgan fingerprint density at radius 2 is 2.00 bits per heavy atom. The van der Waals surface area contributed by atoms with Crippen LogP contribution in [0.15, 0.2) is 18.2 Å². The number of pyridine rings is 1. The molecule has 0 radical (unpaired) electrons. The van der Waals surface area contributed by atoms with E-state index in [2.05, 4.69) is 4.98 Å². The zero-order valence-electron chi connectivity index (χ0n) is 12.4.